The molecule has 4 atom stereocenters. The molecule has 0 aromatic heterocycles. The van der Waals surface area contributed by atoms with Crippen LogP contribution < -0.4 is 5.32 Å². The van der Waals surface area contributed by atoms with E-state index in [0.717, 1.165) is 32.1 Å². The minimum Gasteiger partial charge on any atom is -0.481 e. The first kappa shape index (κ1) is 14.1. The molecule has 2 bridgehead atoms. The topological polar surface area (TPSA) is 66.4 Å². The molecule has 2 saturated carbocycles. The van der Waals surface area contributed by atoms with Crippen LogP contribution in [0, 0.1) is 23.7 Å². The minimum absolute atomic E-state index is 0.0477. The predicted molar refractivity (Wildman–Crippen MR) is 78.5 cm³/mol. The van der Waals surface area contributed by atoms with Gasteiger partial charge in [0.05, 0.1) is 11.8 Å². The van der Waals surface area contributed by atoms with Crippen LogP contribution in [-0.2, 0) is 9.59 Å². The maximum Gasteiger partial charge on any atom is 0.307 e. The van der Waals surface area contributed by atoms with Crippen molar-refractivity contribution < 1.29 is 14.7 Å². The molecule has 110 valence electrons. The molecule has 0 spiro atoms. The Balaban J connectivity index is 1.64. The zero-order chi connectivity index (χ0) is 14.3. The predicted octanol–water partition coefficient (Wildman–Crippen LogP) is 2.33. The van der Waals surface area contributed by atoms with E-state index in [1.54, 1.807) is 0 Å². The largest absolute Gasteiger partial charge is 0.481 e. The van der Waals surface area contributed by atoms with E-state index < -0.39 is 11.9 Å². The lowest BCUT2D eigenvalue weighted by molar-refractivity contribution is -0.148. The Hall–Kier alpha value is -0.840. The second kappa shape index (κ2) is 5.51. The van der Waals surface area contributed by atoms with Crippen LogP contribution in [-0.4, -0.2) is 27.9 Å². The average molecular weight is 342 g/mol. The van der Waals surface area contributed by atoms with Crippen LogP contribution in [0.4, 0.5) is 0 Å². The van der Waals surface area contributed by atoms with Crippen LogP contribution in [0.2, 0.25) is 0 Å². The summed E-state index contributed by atoms with van der Waals surface area (Å²) in [5, 5.41) is 12.5. The number of hydrogen-bond donors (Lipinski definition) is 2. The van der Waals surface area contributed by atoms with Gasteiger partial charge >= 0.3 is 5.97 Å². The fourth-order valence-electron chi connectivity index (χ4n) is 4.01. The zero-order valence-electron chi connectivity index (χ0n) is 11.3. The monoisotopic (exact) mass is 341 g/mol. The number of aliphatic carboxylic acids is 1. The normalized spacial score (nSPS) is 42.6. The zero-order valence-corrected chi connectivity index (χ0v) is 12.9. The third kappa shape index (κ3) is 2.52. The van der Waals surface area contributed by atoms with E-state index in [1.807, 2.05) is 12.2 Å². The summed E-state index contributed by atoms with van der Waals surface area (Å²) in [6.45, 7) is 0. The van der Waals surface area contributed by atoms with Crippen LogP contribution in [0.3, 0.4) is 0 Å². The third-order valence-corrected chi connectivity index (χ3v) is 5.97. The highest BCUT2D eigenvalue weighted by atomic mass is 79.9. The standard InChI is InChI=1S/C15H20BrNO3/c16-10-3-5-11(6-4-10)17-14(18)12-8-1-2-9(7-8)13(12)15(19)20/h1-2,8-13H,3-7H2,(H,17,18)(H,19,20)/t8?,9?,10?,11?,12-,13+/m1/s1. The molecule has 4 nitrogen and oxygen atoms in total. The van der Waals surface area contributed by atoms with E-state index in [9.17, 15) is 14.7 Å². The van der Waals surface area contributed by atoms with Crippen LogP contribution in [0.1, 0.15) is 32.1 Å². The maximum absolute atomic E-state index is 12.5. The molecular weight excluding hydrogens is 322 g/mol. The van der Waals surface area contributed by atoms with Crippen molar-refractivity contribution >= 4 is 27.8 Å². The number of carbonyl (C=O) groups is 2. The highest BCUT2D eigenvalue weighted by Crippen LogP contribution is 2.48. The van der Waals surface area contributed by atoms with E-state index in [1.165, 1.54) is 0 Å². The van der Waals surface area contributed by atoms with E-state index in [0.29, 0.717) is 4.83 Å². The number of allylic oxidation sites excluding steroid dienone is 2. The number of alkyl halides is 1. The molecule has 0 aromatic rings. The van der Waals surface area contributed by atoms with Crippen LogP contribution in [0.25, 0.3) is 0 Å². The Morgan fingerprint density at radius 3 is 2.25 bits per heavy atom. The highest BCUT2D eigenvalue weighted by Gasteiger charge is 2.51. The Labute approximate surface area is 127 Å². The molecule has 0 aliphatic heterocycles. The molecule has 2 unspecified atom stereocenters. The molecule has 20 heavy (non-hydrogen) atoms. The second-order valence-corrected chi connectivity index (χ2v) is 7.59. The molecule has 0 saturated heterocycles. The number of rotatable bonds is 3. The van der Waals surface area contributed by atoms with Crippen molar-refractivity contribution in [2.75, 3.05) is 0 Å². The van der Waals surface area contributed by atoms with Crippen molar-refractivity contribution in [2.45, 2.75) is 43.0 Å². The third-order valence-electron chi connectivity index (χ3n) is 5.05. The molecule has 2 fully saturated rings. The molecule has 1 amide bonds. The summed E-state index contributed by atoms with van der Waals surface area (Å²) in [6.07, 6.45) is 8.94. The van der Waals surface area contributed by atoms with Crippen molar-refractivity contribution in [1.29, 1.82) is 0 Å². The Bertz CT molecular complexity index is 442. The van der Waals surface area contributed by atoms with E-state index in [4.69, 9.17) is 0 Å². The highest BCUT2D eigenvalue weighted by molar-refractivity contribution is 9.09. The molecular formula is C15H20BrNO3. The van der Waals surface area contributed by atoms with Crippen molar-refractivity contribution in [3.8, 4) is 0 Å². The fraction of sp³-hybridized carbons (Fsp3) is 0.733. The number of hydrogen-bond acceptors (Lipinski definition) is 2. The number of fused-ring (bicyclic) bond motifs is 2. The summed E-state index contributed by atoms with van der Waals surface area (Å²) >= 11 is 3.60. The van der Waals surface area contributed by atoms with E-state index in [2.05, 4.69) is 21.2 Å². The van der Waals surface area contributed by atoms with Gasteiger partial charge in [0, 0.05) is 10.9 Å². The summed E-state index contributed by atoms with van der Waals surface area (Å²) < 4.78 is 0. The molecule has 0 radical (unpaired) electrons. The Morgan fingerprint density at radius 2 is 1.65 bits per heavy atom. The van der Waals surface area contributed by atoms with Crippen LogP contribution in [0.15, 0.2) is 12.2 Å². The molecule has 3 aliphatic carbocycles. The van der Waals surface area contributed by atoms with Gasteiger partial charge < -0.3 is 10.4 Å². The van der Waals surface area contributed by atoms with Gasteiger partial charge in [-0.2, -0.15) is 0 Å². The van der Waals surface area contributed by atoms with Crippen molar-refractivity contribution in [3.05, 3.63) is 12.2 Å². The second-order valence-electron chi connectivity index (χ2n) is 6.30. The summed E-state index contributed by atoms with van der Waals surface area (Å²) in [5.41, 5.74) is 0. The number of carboxylic acids is 1. The van der Waals surface area contributed by atoms with Crippen LogP contribution >= 0.6 is 15.9 Å². The lowest BCUT2D eigenvalue weighted by Crippen LogP contribution is -2.45. The van der Waals surface area contributed by atoms with Crippen molar-refractivity contribution in [1.82, 2.24) is 5.32 Å². The smallest absolute Gasteiger partial charge is 0.307 e. The summed E-state index contributed by atoms with van der Waals surface area (Å²) in [5.74, 6) is -1.61. The average Bonchev–Trinajstić information content (AvgIpc) is 3.01. The van der Waals surface area contributed by atoms with Gasteiger partial charge in [-0.1, -0.05) is 28.1 Å². The van der Waals surface area contributed by atoms with Gasteiger partial charge in [0.15, 0.2) is 0 Å². The number of amides is 1. The van der Waals surface area contributed by atoms with Crippen molar-refractivity contribution in [2.24, 2.45) is 23.7 Å². The van der Waals surface area contributed by atoms with Gasteiger partial charge in [-0.15, -0.1) is 0 Å². The molecule has 3 rings (SSSR count). The SMILES string of the molecule is O=C(NC1CCC(Br)CC1)[C@@H]1C2C=CC(C2)[C@@H]1C(=O)O. The quantitative estimate of drug-likeness (QED) is 0.611. The summed E-state index contributed by atoms with van der Waals surface area (Å²) in [7, 11) is 0. The molecule has 3 aliphatic rings. The molecule has 5 heteroatoms. The Morgan fingerprint density at radius 1 is 1.05 bits per heavy atom. The molecule has 2 N–H and O–H groups in total. The first-order valence-corrected chi connectivity index (χ1v) is 8.33. The Kier molecular flexibility index (Phi) is 3.89. The number of nitrogens with one attached hydrogen (secondary N) is 1. The number of carbonyl (C=O) groups excluding carboxylic acids is 1. The lowest BCUT2D eigenvalue weighted by atomic mass is 9.82. The van der Waals surface area contributed by atoms with Gasteiger partial charge in [0.1, 0.15) is 0 Å². The van der Waals surface area contributed by atoms with Crippen molar-refractivity contribution in [3.63, 3.8) is 0 Å². The van der Waals surface area contributed by atoms with Gasteiger partial charge in [-0.25, -0.2) is 0 Å². The first-order chi connectivity index (χ1) is 9.56. The van der Waals surface area contributed by atoms with E-state index in [-0.39, 0.29) is 29.7 Å². The van der Waals surface area contributed by atoms with E-state index >= 15 is 0 Å². The van der Waals surface area contributed by atoms with Gasteiger partial charge in [-0.05, 0) is 43.9 Å². The first-order valence-electron chi connectivity index (χ1n) is 7.42. The van der Waals surface area contributed by atoms with Crippen LogP contribution in [0.5, 0.6) is 0 Å². The van der Waals surface area contributed by atoms with Gasteiger partial charge in [0.2, 0.25) is 5.91 Å². The molecule has 0 heterocycles. The van der Waals surface area contributed by atoms with Gasteiger partial charge in [-0.3, -0.25) is 9.59 Å². The number of carboxylic acid groups (broad SMARTS) is 1. The summed E-state index contributed by atoms with van der Waals surface area (Å²) in [6, 6.07) is 0.217. The fourth-order valence-corrected chi connectivity index (χ4v) is 4.54. The minimum atomic E-state index is -0.828. The maximum atomic E-state index is 12.5. The van der Waals surface area contributed by atoms with Gasteiger partial charge in [0.25, 0.3) is 0 Å². The molecule has 0 aromatic carbocycles. The lowest BCUT2D eigenvalue weighted by Gasteiger charge is -2.30. The number of halogens is 1. The summed E-state index contributed by atoms with van der Waals surface area (Å²) in [4.78, 5) is 24.5.